The minimum atomic E-state index is 0.128. The maximum atomic E-state index is 5.80. The zero-order valence-corrected chi connectivity index (χ0v) is 10.4. The first-order valence-electron chi connectivity index (χ1n) is 6.32. The fourth-order valence-electron chi connectivity index (χ4n) is 2.51. The molecule has 1 aromatic heterocycles. The van der Waals surface area contributed by atoms with E-state index in [1.54, 1.807) is 0 Å². The summed E-state index contributed by atoms with van der Waals surface area (Å²) in [6.07, 6.45) is 5.58. The van der Waals surface area contributed by atoms with Crippen molar-refractivity contribution in [3.05, 3.63) is 29.5 Å². The molecule has 0 bridgehead atoms. The maximum Gasteiger partial charge on any atom is 0.150 e. The molecular formula is C14H18N2O. The smallest absolute Gasteiger partial charge is 0.150 e. The van der Waals surface area contributed by atoms with Crippen LogP contribution in [0.4, 0.5) is 0 Å². The normalized spacial score (nSPS) is 20.9. The number of aromatic nitrogens is 2. The fourth-order valence-corrected chi connectivity index (χ4v) is 2.51. The minimum Gasteiger partial charge on any atom is -0.356 e. The van der Waals surface area contributed by atoms with Gasteiger partial charge in [-0.05, 0) is 50.3 Å². The Kier molecular flexibility index (Phi) is 2.63. The lowest BCUT2D eigenvalue weighted by atomic mass is 10.1. The minimum absolute atomic E-state index is 0.128. The Balaban J connectivity index is 2.08. The highest BCUT2D eigenvalue weighted by Crippen LogP contribution is 2.28. The van der Waals surface area contributed by atoms with Crippen LogP contribution in [-0.2, 0) is 4.74 Å². The van der Waals surface area contributed by atoms with Crippen molar-refractivity contribution in [1.29, 1.82) is 0 Å². The van der Waals surface area contributed by atoms with Gasteiger partial charge in [0.05, 0.1) is 11.7 Å². The third-order valence-electron chi connectivity index (χ3n) is 3.75. The van der Waals surface area contributed by atoms with Gasteiger partial charge in [-0.15, -0.1) is 0 Å². The maximum absolute atomic E-state index is 5.80. The van der Waals surface area contributed by atoms with Gasteiger partial charge >= 0.3 is 0 Å². The molecule has 0 spiro atoms. The van der Waals surface area contributed by atoms with E-state index in [1.807, 2.05) is 10.9 Å². The topological polar surface area (TPSA) is 27.1 Å². The van der Waals surface area contributed by atoms with E-state index in [9.17, 15) is 0 Å². The number of ether oxygens (including phenoxy) is 1. The van der Waals surface area contributed by atoms with Crippen molar-refractivity contribution in [1.82, 2.24) is 9.78 Å². The molecule has 3 nitrogen and oxygen atoms in total. The summed E-state index contributed by atoms with van der Waals surface area (Å²) in [5.41, 5.74) is 3.84. The number of benzene rings is 1. The van der Waals surface area contributed by atoms with Gasteiger partial charge in [0.15, 0.2) is 6.23 Å². The van der Waals surface area contributed by atoms with E-state index in [-0.39, 0.29) is 6.23 Å². The van der Waals surface area contributed by atoms with Gasteiger partial charge in [0.25, 0.3) is 0 Å². The molecule has 3 heteroatoms. The summed E-state index contributed by atoms with van der Waals surface area (Å²) < 4.78 is 7.84. The summed E-state index contributed by atoms with van der Waals surface area (Å²) in [5, 5.41) is 5.76. The van der Waals surface area contributed by atoms with Crippen LogP contribution in [0.25, 0.3) is 10.9 Å². The van der Waals surface area contributed by atoms with E-state index in [2.05, 4.69) is 31.1 Å². The van der Waals surface area contributed by atoms with Crippen LogP contribution in [-0.4, -0.2) is 16.4 Å². The molecule has 0 saturated carbocycles. The first-order valence-corrected chi connectivity index (χ1v) is 6.32. The highest BCUT2D eigenvalue weighted by atomic mass is 16.5. The van der Waals surface area contributed by atoms with E-state index < -0.39 is 0 Å². The molecule has 0 radical (unpaired) electrons. The zero-order valence-electron chi connectivity index (χ0n) is 10.4. The number of aryl methyl sites for hydroxylation is 2. The number of hydrogen-bond acceptors (Lipinski definition) is 2. The molecule has 1 saturated heterocycles. The van der Waals surface area contributed by atoms with E-state index in [0.29, 0.717) is 0 Å². The average Bonchev–Trinajstić information content (AvgIpc) is 2.79. The highest BCUT2D eigenvalue weighted by Gasteiger charge is 2.18. The molecule has 0 aliphatic carbocycles. The van der Waals surface area contributed by atoms with Crippen LogP contribution in [0, 0.1) is 13.8 Å². The predicted octanol–water partition coefficient (Wildman–Crippen LogP) is 3.35. The van der Waals surface area contributed by atoms with Crippen molar-refractivity contribution >= 4 is 10.9 Å². The summed E-state index contributed by atoms with van der Waals surface area (Å²) in [6, 6.07) is 4.32. The standard InChI is InChI=1S/C14H18N2O/c1-10-6-7-13-12(11(10)2)9-15-16(13)14-5-3-4-8-17-14/h6-7,9,14H,3-5,8H2,1-2H3. The van der Waals surface area contributed by atoms with Gasteiger partial charge in [-0.25, -0.2) is 4.68 Å². The second-order valence-corrected chi connectivity index (χ2v) is 4.85. The fraction of sp³-hybridized carbons (Fsp3) is 0.500. The van der Waals surface area contributed by atoms with Crippen molar-refractivity contribution in [2.75, 3.05) is 6.61 Å². The van der Waals surface area contributed by atoms with Crippen molar-refractivity contribution in [2.45, 2.75) is 39.3 Å². The third-order valence-corrected chi connectivity index (χ3v) is 3.75. The van der Waals surface area contributed by atoms with Crippen molar-refractivity contribution in [2.24, 2.45) is 0 Å². The average molecular weight is 230 g/mol. The summed E-state index contributed by atoms with van der Waals surface area (Å²) in [6.45, 7) is 5.16. The SMILES string of the molecule is Cc1ccc2c(cnn2C2CCCCO2)c1C. The van der Waals surface area contributed by atoms with E-state index in [0.717, 1.165) is 13.0 Å². The lowest BCUT2D eigenvalue weighted by Gasteiger charge is -2.23. The van der Waals surface area contributed by atoms with Gasteiger partial charge in [0, 0.05) is 12.0 Å². The number of rotatable bonds is 1. The summed E-state index contributed by atoms with van der Waals surface area (Å²) in [7, 11) is 0. The van der Waals surface area contributed by atoms with Gasteiger partial charge in [-0.1, -0.05) is 6.07 Å². The first kappa shape index (κ1) is 10.8. The van der Waals surface area contributed by atoms with Gasteiger partial charge in [0.1, 0.15) is 0 Å². The molecule has 17 heavy (non-hydrogen) atoms. The molecule has 1 aromatic carbocycles. The van der Waals surface area contributed by atoms with Crippen LogP contribution in [0.2, 0.25) is 0 Å². The Bertz CT molecular complexity index is 538. The predicted molar refractivity (Wildman–Crippen MR) is 68.0 cm³/mol. The summed E-state index contributed by atoms with van der Waals surface area (Å²) in [5.74, 6) is 0. The summed E-state index contributed by atoms with van der Waals surface area (Å²) >= 11 is 0. The molecule has 2 aromatic rings. The van der Waals surface area contributed by atoms with Gasteiger partial charge < -0.3 is 4.74 Å². The van der Waals surface area contributed by atoms with Crippen molar-refractivity contribution in [3.63, 3.8) is 0 Å². The largest absolute Gasteiger partial charge is 0.356 e. The molecule has 1 aliphatic rings. The van der Waals surface area contributed by atoms with Crippen LogP contribution in [0.15, 0.2) is 18.3 Å². The molecule has 1 atom stereocenters. The van der Waals surface area contributed by atoms with E-state index >= 15 is 0 Å². The Hall–Kier alpha value is -1.35. The molecule has 0 N–H and O–H groups in total. The molecule has 1 aliphatic heterocycles. The Morgan fingerprint density at radius 2 is 2.18 bits per heavy atom. The van der Waals surface area contributed by atoms with E-state index in [1.165, 1.54) is 34.9 Å². The molecule has 1 unspecified atom stereocenters. The molecule has 90 valence electrons. The van der Waals surface area contributed by atoms with Crippen LogP contribution in [0.5, 0.6) is 0 Å². The van der Waals surface area contributed by atoms with Crippen LogP contribution >= 0.6 is 0 Å². The molecule has 0 amide bonds. The van der Waals surface area contributed by atoms with Crippen LogP contribution in [0.1, 0.15) is 36.6 Å². The van der Waals surface area contributed by atoms with E-state index in [4.69, 9.17) is 4.74 Å². The van der Waals surface area contributed by atoms with Crippen LogP contribution in [0.3, 0.4) is 0 Å². The number of nitrogens with zero attached hydrogens (tertiary/aromatic N) is 2. The van der Waals surface area contributed by atoms with Crippen molar-refractivity contribution in [3.8, 4) is 0 Å². The monoisotopic (exact) mass is 230 g/mol. The summed E-state index contributed by atoms with van der Waals surface area (Å²) in [4.78, 5) is 0. The van der Waals surface area contributed by atoms with Gasteiger partial charge in [0.2, 0.25) is 0 Å². The van der Waals surface area contributed by atoms with Gasteiger partial charge in [-0.3, -0.25) is 0 Å². The van der Waals surface area contributed by atoms with Gasteiger partial charge in [-0.2, -0.15) is 5.10 Å². The Morgan fingerprint density at radius 3 is 2.94 bits per heavy atom. The second-order valence-electron chi connectivity index (χ2n) is 4.85. The highest BCUT2D eigenvalue weighted by molar-refractivity contribution is 5.83. The molecular weight excluding hydrogens is 212 g/mol. The lowest BCUT2D eigenvalue weighted by molar-refractivity contribution is -0.0366. The molecule has 1 fully saturated rings. The third kappa shape index (κ3) is 1.75. The number of hydrogen-bond donors (Lipinski definition) is 0. The Labute approximate surface area is 101 Å². The van der Waals surface area contributed by atoms with Crippen molar-refractivity contribution < 1.29 is 4.74 Å². The zero-order chi connectivity index (χ0) is 11.8. The Morgan fingerprint density at radius 1 is 1.29 bits per heavy atom. The lowest BCUT2D eigenvalue weighted by Crippen LogP contribution is -2.18. The quantitative estimate of drug-likeness (QED) is 0.751. The van der Waals surface area contributed by atoms with Crippen LogP contribution < -0.4 is 0 Å². The number of fused-ring (bicyclic) bond motifs is 1. The second kappa shape index (κ2) is 4.15. The first-order chi connectivity index (χ1) is 8.27. The molecule has 2 heterocycles. The molecule has 3 rings (SSSR count).